The average Bonchev–Trinajstić information content (AvgIpc) is 1.95. The summed E-state index contributed by atoms with van der Waals surface area (Å²) in [5.74, 6) is 0. The van der Waals surface area contributed by atoms with Crippen LogP contribution in [0.4, 0.5) is 0 Å². The van der Waals surface area contributed by atoms with Gasteiger partial charge in [0, 0.05) is 6.54 Å². The van der Waals surface area contributed by atoms with Crippen molar-refractivity contribution in [1.82, 2.24) is 0 Å². The van der Waals surface area contributed by atoms with Gasteiger partial charge in [0.25, 0.3) is 0 Å². The van der Waals surface area contributed by atoms with Crippen molar-refractivity contribution in [3.05, 3.63) is 0 Å². The van der Waals surface area contributed by atoms with Gasteiger partial charge in [-0.05, 0) is 12.8 Å². The Morgan fingerprint density at radius 3 is 2.09 bits per heavy atom. The van der Waals surface area contributed by atoms with Gasteiger partial charge in [0.1, 0.15) is 4.33 Å². The molecular formula is C7H14Cl2N2. The van der Waals surface area contributed by atoms with Gasteiger partial charge in [-0.1, -0.05) is 36.0 Å². The molecule has 4 heteroatoms. The van der Waals surface area contributed by atoms with Gasteiger partial charge in [-0.3, -0.25) is 0 Å². The van der Waals surface area contributed by atoms with Crippen LogP contribution in [0, 0.1) is 0 Å². The molecule has 0 spiro atoms. The van der Waals surface area contributed by atoms with Gasteiger partial charge in [-0.25, -0.2) is 0 Å². The fourth-order valence-electron chi connectivity index (χ4n) is 1.47. The molecule has 1 aliphatic carbocycles. The molecular weight excluding hydrogens is 183 g/mol. The molecule has 0 radical (unpaired) electrons. The number of hydrogen-bond donors (Lipinski definition) is 2. The van der Waals surface area contributed by atoms with E-state index in [9.17, 15) is 0 Å². The van der Waals surface area contributed by atoms with Crippen molar-refractivity contribution in [2.24, 2.45) is 11.5 Å². The van der Waals surface area contributed by atoms with E-state index in [1.165, 1.54) is 0 Å². The fraction of sp³-hybridized carbons (Fsp3) is 1.00. The molecule has 0 aromatic rings. The normalized spacial score (nSPS) is 37.1. The van der Waals surface area contributed by atoms with Gasteiger partial charge in [0.05, 0.1) is 5.54 Å². The topological polar surface area (TPSA) is 52.0 Å². The number of nitrogens with two attached hydrogens (primary N) is 2. The molecule has 1 rings (SSSR count). The summed E-state index contributed by atoms with van der Waals surface area (Å²) in [4.78, 5) is 0. The first kappa shape index (κ1) is 9.59. The van der Waals surface area contributed by atoms with E-state index in [1.54, 1.807) is 0 Å². The predicted molar refractivity (Wildman–Crippen MR) is 48.9 cm³/mol. The molecule has 2 nitrogen and oxygen atoms in total. The molecule has 0 bridgehead atoms. The molecule has 0 amide bonds. The number of hydrogen-bond acceptors (Lipinski definition) is 2. The molecule has 0 aromatic carbocycles. The van der Waals surface area contributed by atoms with Crippen LogP contribution >= 0.6 is 23.2 Å². The Kier molecular flexibility index (Phi) is 2.70. The monoisotopic (exact) mass is 196 g/mol. The highest BCUT2D eigenvalue weighted by Crippen LogP contribution is 2.43. The number of alkyl halides is 2. The van der Waals surface area contributed by atoms with E-state index in [2.05, 4.69) is 0 Å². The lowest BCUT2D eigenvalue weighted by Gasteiger charge is -2.42. The van der Waals surface area contributed by atoms with Crippen molar-refractivity contribution in [1.29, 1.82) is 0 Å². The zero-order valence-corrected chi connectivity index (χ0v) is 7.96. The van der Waals surface area contributed by atoms with E-state index >= 15 is 0 Å². The SMILES string of the molecule is NCC1(N)CCCCC1(Cl)Cl. The van der Waals surface area contributed by atoms with Crippen LogP contribution < -0.4 is 11.5 Å². The molecule has 1 unspecified atom stereocenters. The van der Waals surface area contributed by atoms with E-state index in [1.807, 2.05) is 0 Å². The Labute approximate surface area is 77.2 Å². The van der Waals surface area contributed by atoms with Crippen LogP contribution in [0.2, 0.25) is 0 Å². The minimum absolute atomic E-state index is 0.361. The summed E-state index contributed by atoms with van der Waals surface area (Å²) in [6.07, 6.45) is 3.71. The highest BCUT2D eigenvalue weighted by molar-refractivity contribution is 6.49. The fourth-order valence-corrected chi connectivity index (χ4v) is 2.08. The lowest BCUT2D eigenvalue weighted by molar-refractivity contribution is 0.284. The lowest BCUT2D eigenvalue weighted by atomic mass is 9.81. The van der Waals surface area contributed by atoms with E-state index in [-0.39, 0.29) is 0 Å². The first-order valence-corrected chi connectivity index (χ1v) is 4.64. The van der Waals surface area contributed by atoms with Crippen LogP contribution in [0.1, 0.15) is 25.7 Å². The molecule has 1 saturated carbocycles. The van der Waals surface area contributed by atoms with Crippen LogP contribution in [-0.4, -0.2) is 16.4 Å². The molecule has 0 aliphatic heterocycles. The first-order chi connectivity index (χ1) is 5.02. The Morgan fingerprint density at radius 1 is 1.18 bits per heavy atom. The smallest absolute Gasteiger partial charge is 0.137 e. The van der Waals surface area contributed by atoms with Crippen molar-refractivity contribution < 1.29 is 0 Å². The molecule has 0 saturated heterocycles. The minimum Gasteiger partial charge on any atom is -0.329 e. The van der Waals surface area contributed by atoms with E-state index < -0.39 is 9.87 Å². The van der Waals surface area contributed by atoms with Gasteiger partial charge in [-0.15, -0.1) is 0 Å². The van der Waals surface area contributed by atoms with Crippen molar-refractivity contribution in [2.75, 3.05) is 6.54 Å². The molecule has 11 heavy (non-hydrogen) atoms. The predicted octanol–water partition coefficient (Wildman–Crippen LogP) is 1.39. The van der Waals surface area contributed by atoms with Crippen LogP contribution in [0.3, 0.4) is 0 Å². The molecule has 0 heterocycles. The van der Waals surface area contributed by atoms with Crippen molar-refractivity contribution in [2.45, 2.75) is 35.6 Å². The van der Waals surface area contributed by atoms with Gasteiger partial charge in [-0.2, -0.15) is 0 Å². The highest BCUT2D eigenvalue weighted by Gasteiger charge is 2.46. The third-order valence-corrected chi connectivity index (χ3v) is 3.59. The zero-order chi connectivity index (χ0) is 8.54. The van der Waals surface area contributed by atoms with E-state index in [0.29, 0.717) is 6.54 Å². The van der Waals surface area contributed by atoms with Gasteiger partial charge >= 0.3 is 0 Å². The summed E-state index contributed by atoms with van der Waals surface area (Å²) in [6.45, 7) is 0.361. The van der Waals surface area contributed by atoms with Crippen LogP contribution in [0.25, 0.3) is 0 Å². The van der Waals surface area contributed by atoms with Crippen LogP contribution in [0.15, 0.2) is 0 Å². The van der Waals surface area contributed by atoms with E-state index in [0.717, 1.165) is 25.7 Å². The highest BCUT2D eigenvalue weighted by atomic mass is 35.5. The van der Waals surface area contributed by atoms with Crippen molar-refractivity contribution >= 4 is 23.2 Å². The Bertz CT molecular complexity index is 149. The van der Waals surface area contributed by atoms with Crippen LogP contribution in [0.5, 0.6) is 0 Å². The molecule has 1 atom stereocenters. The summed E-state index contributed by atoms with van der Waals surface area (Å²) in [5.41, 5.74) is 10.9. The second kappa shape index (κ2) is 3.09. The Balaban J connectivity index is 2.74. The Hall–Kier alpha value is 0.500. The molecule has 0 aromatic heterocycles. The molecule has 1 aliphatic rings. The second-order valence-corrected chi connectivity index (χ2v) is 4.76. The summed E-state index contributed by atoms with van der Waals surface area (Å²) in [5, 5.41) is 0. The maximum atomic E-state index is 6.04. The van der Waals surface area contributed by atoms with Crippen molar-refractivity contribution in [3.8, 4) is 0 Å². The lowest BCUT2D eigenvalue weighted by Crippen LogP contribution is -2.60. The van der Waals surface area contributed by atoms with E-state index in [4.69, 9.17) is 34.7 Å². The largest absolute Gasteiger partial charge is 0.329 e. The first-order valence-electron chi connectivity index (χ1n) is 3.89. The average molecular weight is 197 g/mol. The second-order valence-electron chi connectivity index (χ2n) is 3.27. The van der Waals surface area contributed by atoms with Gasteiger partial charge < -0.3 is 11.5 Å². The molecule has 66 valence electrons. The quantitative estimate of drug-likeness (QED) is 0.624. The van der Waals surface area contributed by atoms with Gasteiger partial charge in [0.15, 0.2) is 0 Å². The molecule has 1 fully saturated rings. The maximum absolute atomic E-state index is 6.04. The number of halogens is 2. The third-order valence-electron chi connectivity index (χ3n) is 2.46. The van der Waals surface area contributed by atoms with Crippen LogP contribution in [-0.2, 0) is 0 Å². The summed E-state index contributed by atoms with van der Waals surface area (Å²) >= 11 is 12.1. The zero-order valence-electron chi connectivity index (χ0n) is 6.45. The number of rotatable bonds is 1. The third kappa shape index (κ3) is 1.64. The maximum Gasteiger partial charge on any atom is 0.137 e. The van der Waals surface area contributed by atoms with Gasteiger partial charge in [0.2, 0.25) is 0 Å². The van der Waals surface area contributed by atoms with Crippen molar-refractivity contribution in [3.63, 3.8) is 0 Å². The standard InChI is InChI=1S/C7H14Cl2N2/c8-7(9)4-2-1-3-6(7,11)5-10/h1-5,10-11H2. The Morgan fingerprint density at radius 2 is 1.73 bits per heavy atom. The summed E-state index contributed by atoms with van der Waals surface area (Å²) in [6, 6.07) is 0. The minimum atomic E-state index is -0.819. The summed E-state index contributed by atoms with van der Waals surface area (Å²) in [7, 11) is 0. The molecule has 4 N–H and O–H groups in total. The summed E-state index contributed by atoms with van der Waals surface area (Å²) < 4.78 is -0.819.